The van der Waals surface area contributed by atoms with E-state index in [-0.39, 0.29) is 5.78 Å². The summed E-state index contributed by atoms with van der Waals surface area (Å²) in [4.78, 5) is 23.1. The van der Waals surface area contributed by atoms with E-state index >= 15 is 0 Å². The summed E-state index contributed by atoms with van der Waals surface area (Å²) in [6.07, 6.45) is 6.35. The molecule has 0 aromatic heterocycles. The molecular weight excluding hydrogens is 230 g/mol. The number of hydrogen-bond acceptors (Lipinski definition) is 3. The van der Waals surface area contributed by atoms with Crippen molar-refractivity contribution in [1.29, 1.82) is 0 Å². The monoisotopic (exact) mass is 243 g/mol. The van der Waals surface area contributed by atoms with Crippen molar-refractivity contribution in [3.05, 3.63) is 70.3 Å². The fourth-order valence-corrected chi connectivity index (χ4v) is 2.12. The van der Waals surface area contributed by atoms with E-state index in [0.29, 0.717) is 5.56 Å². The van der Waals surface area contributed by atoms with Crippen LogP contribution in [0.4, 0.5) is 0 Å². The third kappa shape index (κ3) is 1.97. The standard InChI is InChI=1S/C14H13NO3/c1-14(10-6-5-9-12(14)15(17)18)13(16)11-7-3-2-4-8-11/h2-10,12H,1H3. The van der Waals surface area contributed by atoms with Gasteiger partial charge in [0.05, 0.1) is 0 Å². The topological polar surface area (TPSA) is 60.2 Å². The summed E-state index contributed by atoms with van der Waals surface area (Å²) in [5.74, 6) is -0.231. The highest BCUT2D eigenvalue weighted by Crippen LogP contribution is 2.33. The molecular formula is C14H13NO3. The number of carbonyl (C=O) groups is 1. The number of hydrogen-bond donors (Lipinski definition) is 0. The Morgan fingerprint density at radius 3 is 2.56 bits per heavy atom. The number of Topliss-reactive ketones (excluding diaryl/α,β-unsaturated/α-hetero) is 1. The lowest BCUT2D eigenvalue weighted by Gasteiger charge is -2.27. The molecule has 92 valence electrons. The van der Waals surface area contributed by atoms with E-state index in [0.717, 1.165) is 0 Å². The molecule has 1 aliphatic rings. The highest BCUT2D eigenvalue weighted by Gasteiger charge is 2.46. The van der Waals surface area contributed by atoms with Crippen molar-refractivity contribution in [1.82, 2.24) is 0 Å². The Labute approximate surface area is 105 Å². The molecule has 2 unspecified atom stereocenters. The maximum atomic E-state index is 12.4. The van der Waals surface area contributed by atoms with E-state index < -0.39 is 16.4 Å². The zero-order chi connectivity index (χ0) is 13.2. The Bertz CT molecular complexity index is 533. The molecule has 18 heavy (non-hydrogen) atoms. The summed E-state index contributed by atoms with van der Waals surface area (Å²) in [6, 6.07) is 7.64. The van der Waals surface area contributed by atoms with E-state index in [2.05, 4.69) is 0 Å². The van der Waals surface area contributed by atoms with Gasteiger partial charge in [0, 0.05) is 10.5 Å². The van der Waals surface area contributed by atoms with Crippen LogP contribution in [0.1, 0.15) is 17.3 Å². The Hall–Kier alpha value is -2.23. The predicted molar refractivity (Wildman–Crippen MR) is 67.9 cm³/mol. The fraction of sp³-hybridized carbons (Fsp3) is 0.214. The molecule has 1 aromatic carbocycles. The van der Waals surface area contributed by atoms with E-state index in [1.54, 1.807) is 55.5 Å². The van der Waals surface area contributed by atoms with Crippen LogP contribution in [0.5, 0.6) is 0 Å². The molecule has 0 saturated heterocycles. The third-order valence-corrected chi connectivity index (χ3v) is 3.21. The molecule has 2 rings (SSSR count). The highest BCUT2D eigenvalue weighted by atomic mass is 16.6. The first-order chi connectivity index (χ1) is 8.55. The summed E-state index contributed by atoms with van der Waals surface area (Å²) >= 11 is 0. The van der Waals surface area contributed by atoms with Crippen LogP contribution in [-0.4, -0.2) is 16.7 Å². The molecule has 1 aromatic rings. The molecule has 0 amide bonds. The van der Waals surface area contributed by atoms with Gasteiger partial charge in [-0.15, -0.1) is 0 Å². The summed E-state index contributed by atoms with van der Waals surface area (Å²) in [6.45, 7) is 1.61. The summed E-state index contributed by atoms with van der Waals surface area (Å²) in [7, 11) is 0. The number of allylic oxidation sites excluding steroid dienone is 2. The Morgan fingerprint density at radius 1 is 1.28 bits per heavy atom. The second-order valence-electron chi connectivity index (χ2n) is 4.45. The molecule has 0 heterocycles. The van der Waals surface area contributed by atoms with Gasteiger partial charge in [0.1, 0.15) is 5.41 Å². The largest absolute Gasteiger partial charge is 0.293 e. The van der Waals surface area contributed by atoms with Gasteiger partial charge in [0.25, 0.3) is 0 Å². The average Bonchev–Trinajstić information content (AvgIpc) is 2.39. The van der Waals surface area contributed by atoms with Crippen LogP contribution in [0.2, 0.25) is 0 Å². The minimum absolute atomic E-state index is 0.231. The van der Waals surface area contributed by atoms with Crippen LogP contribution >= 0.6 is 0 Å². The number of carbonyl (C=O) groups excluding carboxylic acids is 1. The minimum Gasteiger partial charge on any atom is -0.293 e. The number of nitro groups is 1. The predicted octanol–water partition coefficient (Wildman–Crippen LogP) is 2.65. The Kier molecular flexibility index (Phi) is 3.10. The lowest BCUT2D eigenvalue weighted by molar-refractivity contribution is -0.520. The van der Waals surface area contributed by atoms with E-state index in [1.165, 1.54) is 6.08 Å². The summed E-state index contributed by atoms with van der Waals surface area (Å²) in [5, 5.41) is 11.1. The molecule has 0 bridgehead atoms. The smallest absolute Gasteiger partial charge is 0.247 e. The molecule has 1 aliphatic carbocycles. The van der Waals surface area contributed by atoms with Gasteiger partial charge in [-0.3, -0.25) is 14.9 Å². The van der Waals surface area contributed by atoms with Crippen molar-refractivity contribution >= 4 is 5.78 Å². The Balaban J connectivity index is 2.41. The van der Waals surface area contributed by atoms with Crippen LogP contribution in [-0.2, 0) is 0 Å². The average molecular weight is 243 g/mol. The maximum Gasteiger partial charge on any atom is 0.247 e. The number of rotatable bonds is 3. The van der Waals surface area contributed by atoms with Crippen molar-refractivity contribution in [2.45, 2.75) is 13.0 Å². The van der Waals surface area contributed by atoms with Crippen molar-refractivity contribution in [2.24, 2.45) is 5.41 Å². The summed E-state index contributed by atoms with van der Waals surface area (Å²) < 4.78 is 0. The van der Waals surface area contributed by atoms with Crippen molar-refractivity contribution in [3.63, 3.8) is 0 Å². The SMILES string of the molecule is CC1(C(=O)c2ccccc2)C=CC=CC1[N+](=O)[O-]. The second-order valence-corrected chi connectivity index (χ2v) is 4.45. The number of nitrogens with zero attached hydrogens (tertiary/aromatic N) is 1. The van der Waals surface area contributed by atoms with Crippen LogP contribution in [0.3, 0.4) is 0 Å². The lowest BCUT2D eigenvalue weighted by atomic mass is 9.74. The van der Waals surface area contributed by atoms with Gasteiger partial charge in [0.15, 0.2) is 5.78 Å². The van der Waals surface area contributed by atoms with E-state index in [9.17, 15) is 14.9 Å². The van der Waals surface area contributed by atoms with Crippen LogP contribution < -0.4 is 0 Å². The minimum atomic E-state index is -1.13. The first kappa shape index (κ1) is 12.2. The fourth-order valence-electron chi connectivity index (χ4n) is 2.12. The second kappa shape index (κ2) is 4.56. The third-order valence-electron chi connectivity index (χ3n) is 3.21. The van der Waals surface area contributed by atoms with Gasteiger partial charge in [-0.2, -0.15) is 0 Å². The Morgan fingerprint density at radius 2 is 1.94 bits per heavy atom. The van der Waals surface area contributed by atoms with Gasteiger partial charge in [-0.25, -0.2) is 0 Å². The van der Waals surface area contributed by atoms with E-state index in [1.807, 2.05) is 0 Å². The molecule has 2 atom stereocenters. The van der Waals surface area contributed by atoms with Crippen LogP contribution in [0, 0.1) is 15.5 Å². The maximum absolute atomic E-state index is 12.4. The summed E-state index contributed by atoms with van der Waals surface area (Å²) in [5.41, 5.74) is -0.633. The number of benzene rings is 1. The molecule has 0 saturated carbocycles. The van der Waals surface area contributed by atoms with Gasteiger partial charge in [-0.1, -0.05) is 48.6 Å². The van der Waals surface area contributed by atoms with Crippen LogP contribution in [0.25, 0.3) is 0 Å². The molecule has 4 heteroatoms. The van der Waals surface area contributed by atoms with Crippen molar-refractivity contribution in [3.8, 4) is 0 Å². The highest BCUT2D eigenvalue weighted by molar-refractivity contribution is 6.02. The first-order valence-electron chi connectivity index (χ1n) is 5.65. The van der Waals surface area contributed by atoms with Crippen molar-refractivity contribution in [2.75, 3.05) is 0 Å². The van der Waals surface area contributed by atoms with Crippen LogP contribution in [0.15, 0.2) is 54.6 Å². The first-order valence-corrected chi connectivity index (χ1v) is 5.65. The lowest BCUT2D eigenvalue weighted by Crippen LogP contribution is -2.43. The quantitative estimate of drug-likeness (QED) is 0.466. The van der Waals surface area contributed by atoms with Crippen molar-refractivity contribution < 1.29 is 9.72 Å². The number of ketones is 1. The molecule has 0 radical (unpaired) electrons. The zero-order valence-electron chi connectivity index (χ0n) is 9.95. The molecule has 0 fully saturated rings. The van der Waals surface area contributed by atoms with Gasteiger partial charge in [0.2, 0.25) is 6.04 Å². The molecule has 4 nitrogen and oxygen atoms in total. The van der Waals surface area contributed by atoms with Gasteiger partial charge >= 0.3 is 0 Å². The van der Waals surface area contributed by atoms with Gasteiger partial charge < -0.3 is 0 Å². The molecule has 0 aliphatic heterocycles. The molecule has 0 N–H and O–H groups in total. The zero-order valence-corrected chi connectivity index (χ0v) is 9.95. The molecule has 0 spiro atoms. The van der Waals surface area contributed by atoms with E-state index in [4.69, 9.17) is 0 Å². The van der Waals surface area contributed by atoms with Gasteiger partial charge in [-0.05, 0) is 13.0 Å². The normalized spacial score (nSPS) is 25.9.